The number of nitrogens with zero attached hydrogens (tertiary/aromatic N) is 1. The third-order valence-electron chi connectivity index (χ3n) is 4.58. The Morgan fingerprint density at radius 3 is 2.50 bits per heavy atom. The zero-order valence-corrected chi connectivity index (χ0v) is 15.6. The van der Waals surface area contributed by atoms with Gasteiger partial charge in [-0.3, -0.25) is 14.5 Å². The van der Waals surface area contributed by atoms with E-state index in [-0.39, 0.29) is 18.0 Å². The van der Waals surface area contributed by atoms with Crippen LogP contribution < -0.4 is 10.6 Å². The van der Waals surface area contributed by atoms with Crippen LogP contribution in [0.15, 0.2) is 48.5 Å². The monoisotopic (exact) mass is 385 g/mol. The molecule has 1 saturated heterocycles. The molecule has 2 N–H and O–H groups in total. The van der Waals surface area contributed by atoms with E-state index in [1.165, 1.54) is 12.1 Å². The van der Waals surface area contributed by atoms with Crippen molar-refractivity contribution in [1.29, 1.82) is 0 Å². The summed E-state index contributed by atoms with van der Waals surface area (Å²) in [6.45, 7) is 4.14. The van der Waals surface area contributed by atoms with E-state index < -0.39 is 11.7 Å². The van der Waals surface area contributed by atoms with Crippen LogP contribution in [0.3, 0.4) is 0 Å². The molecule has 28 heavy (non-hydrogen) atoms. The number of hydrogen-bond donors (Lipinski definition) is 2. The molecule has 0 spiro atoms. The van der Waals surface area contributed by atoms with Crippen molar-refractivity contribution in [2.24, 2.45) is 0 Å². The van der Waals surface area contributed by atoms with Crippen molar-refractivity contribution in [2.75, 3.05) is 45.9 Å². The first-order chi connectivity index (χ1) is 13.6. The first kappa shape index (κ1) is 20.0. The molecule has 0 saturated carbocycles. The summed E-state index contributed by atoms with van der Waals surface area (Å²) in [5.74, 6) is -1.54. The molecule has 2 aromatic rings. The largest absolute Gasteiger partial charge is 0.379 e. The fourth-order valence-electron chi connectivity index (χ4n) is 3.01. The second-order valence-corrected chi connectivity index (χ2v) is 6.55. The molecule has 0 aliphatic carbocycles. The summed E-state index contributed by atoms with van der Waals surface area (Å²) in [7, 11) is 0. The second kappa shape index (κ2) is 9.96. The molecular weight excluding hydrogens is 361 g/mol. The minimum absolute atomic E-state index is 0.0810. The molecular formula is C21H24FN3O3. The van der Waals surface area contributed by atoms with Crippen LogP contribution >= 0.6 is 0 Å². The summed E-state index contributed by atoms with van der Waals surface area (Å²) in [5.41, 5.74) is 1.54. The van der Waals surface area contributed by atoms with Crippen molar-refractivity contribution in [2.45, 2.75) is 0 Å². The van der Waals surface area contributed by atoms with Gasteiger partial charge in [-0.05, 0) is 23.3 Å². The van der Waals surface area contributed by atoms with Gasteiger partial charge in [0.15, 0.2) is 0 Å². The topological polar surface area (TPSA) is 70.7 Å². The van der Waals surface area contributed by atoms with E-state index in [1.54, 1.807) is 6.07 Å². The third kappa shape index (κ3) is 5.61. The van der Waals surface area contributed by atoms with E-state index in [1.807, 2.05) is 30.3 Å². The molecule has 1 fully saturated rings. The highest BCUT2D eigenvalue weighted by atomic mass is 19.1. The number of carbonyl (C=O) groups excluding carboxylic acids is 2. The summed E-state index contributed by atoms with van der Waals surface area (Å²) >= 11 is 0. The van der Waals surface area contributed by atoms with Gasteiger partial charge in [0.25, 0.3) is 5.91 Å². The average Bonchev–Trinajstić information content (AvgIpc) is 2.74. The Balaban J connectivity index is 1.49. The molecule has 3 rings (SSSR count). The molecule has 7 heteroatoms. The predicted octanol–water partition coefficient (Wildman–Crippen LogP) is 1.67. The van der Waals surface area contributed by atoms with Crippen LogP contribution in [0.4, 0.5) is 4.39 Å². The SMILES string of the molecule is O=C(CNC(=O)c1cc(-c2ccccc2)ccc1F)NCCN1CCOCC1. The molecule has 0 radical (unpaired) electrons. The molecule has 0 aromatic heterocycles. The first-order valence-electron chi connectivity index (χ1n) is 9.33. The van der Waals surface area contributed by atoms with E-state index in [2.05, 4.69) is 15.5 Å². The van der Waals surface area contributed by atoms with Crippen LogP contribution in [-0.4, -0.2) is 62.7 Å². The Morgan fingerprint density at radius 1 is 1.00 bits per heavy atom. The maximum absolute atomic E-state index is 14.1. The Labute approximate surface area is 163 Å². The zero-order valence-electron chi connectivity index (χ0n) is 15.6. The van der Waals surface area contributed by atoms with Gasteiger partial charge in [-0.1, -0.05) is 36.4 Å². The third-order valence-corrected chi connectivity index (χ3v) is 4.58. The summed E-state index contributed by atoms with van der Waals surface area (Å²) in [5, 5.41) is 5.24. The highest BCUT2D eigenvalue weighted by Gasteiger charge is 2.15. The molecule has 6 nitrogen and oxygen atoms in total. The van der Waals surface area contributed by atoms with Gasteiger partial charge in [0.2, 0.25) is 5.91 Å². The van der Waals surface area contributed by atoms with Gasteiger partial charge in [-0.15, -0.1) is 0 Å². The molecule has 1 heterocycles. The number of hydrogen-bond acceptors (Lipinski definition) is 4. The minimum atomic E-state index is -0.620. The van der Waals surface area contributed by atoms with Gasteiger partial charge in [-0.2, -0.15) is 0 Å². The van der Waals surface area contributed by atoms with Crippen LogP contribution in [0, 0.1) is 5.82 Å². The summed E-state index contributed by atoms with van der Waals surface area (Å²) < 4.78 is 19.4. The van der Waals surface area contributed by atoms with Crippen molar-refractivity contribution in [1.82, 2.24) is 15.5 Å². The van der Waals surface area contributed by atoms with E-state index in [0.29, 0.717) is 19.8 Å². The van der Waals surface area contributed by atoms with Crippen molar-refractivity contribution >= 4 is 11.8 Å². The Hall–Kier alpha value is -2.77. The highest BCUT2D eigenvalue weighted by molar-refractivity contribution is 5.97. The lowest BCUT2D eigenvalue weighted by molar-refractivity contribution is -0.120. The van der Waals surface area contributed by atoms with Crippen molar-refractivity contribution in [3.8, 4) is 11.1 Å². The number of ether oxygens (including phenoxy) is 1. The van der Waals surface area contributed by atoms with Crippen LogP contribution in [0.2, 0.25) is 0 Å². The van der Waals surface area contributed by atoms with Gasteiger partial charge in [0.1, 0.15) is 5.82 Å². The Bertz CT molecular complexity index is 808. The maximum atomic E-state index is 14.1. The molecule has 0 atom stereocenters. The quantitative estimate of drug-likeness (QED) is 0.761. The number of benzene rings is 2. The number of morpholine rings is 1. The van der Waals surface area contributed by atoms with Gasteiger partial charge in [-0.25, -0.2) is 4.39 Å². The lowest BCUT2D eigenvalue weighted by Crippen LogP contribution is -2.43. The minimum Gasteiger partial charge on any atom is -0.379 e. The summed E-state index contributed by atoms with van der Waals surface area (Å²) in [4.78, 5) is 26.5. The molecule has 2 amide bonds. The molecule has 0 unspecified atom stereocenters. The Morgan fingerprint density at radius 2 is 1.75 bits per heavy atom. The van der Waals surface area contributed by atoms with Crippen LogP contribution in [0.1, 0.15) is 10.4 Å². The summed E-state index contributed by atoms with van der Waals surface area (Å²) in [6.07, 6.45) is 0. The standard InChI is InChI=1S/C21H24FN3O3/c22-19-7-6-17(16-4-2-1-3-5-16)14-18(19)21(27)24-15-20(26)23-8-9-25-10-12-28-13-11-25/h1-7,14H,8-13,15H2,(H,23,26)(H,24,27). The molecule has 1 aliphatic heterocycles. The highest BCUT2D eigenvalue weighted by Crippen LogP contribution is 2.21. The van der Waals surface area contributed by atoms with Gasteiger partial charge in [0, 0.05) is 26.2 Å². The van der Waals surface area contributed by atoms with Crippen LogP contribution in [0.5, 0.6) is 0 Å². The lowest BCUT2D eigenvalue weighted by atomic mass is 10.0. The van der Waals surface area contributed by atoms with Crippen molar-refractivity contribution < 1.29 is 18.7 Å². The van der Waals surface area contributed by atoms with Crippen molar-refractivity contribution in [3.05, 3.63) is 59.9 Å². The smallest absolute Gasteiger partial charge is 0.254 e. The van der Waals surface area contributed by atoms with Gasteiger partial charge < -0.3 is 15.4 Å². The molecule has 1 aliphatic rings. The van der Waals surface area contributed by atoms with Gasteiger partial charge >= 0.3 is 0 Å². The number of amides is 2. The lowest BCUT2D eigenvalue weighted by Gasteiger charge is -2.26. The number of carbonyl (C=O) groups is 2. The van der Waals surface area contributed by atoms with E-state index in [0.717, 1.165) is 30.8 Å². The van der Waals surface area contributed by atoms with E-state index in [9.17, 15) is 14.0 Å². The van der Waals surface area contributed by atoms with Crippen LogP contribution in [0.25, 0.3) is 11.1 Å². The van der Waals surface area contributed by atoms with E-state index >= 15 is 0 Å². The molecule has 2 aromatic carbocycles. The molecule has 148 valence electrons. The Kier molecular flexibility index (Phi) is 7.11. The number of halogens is 1. The van der Waals surface area contributed by atoms with Crippen molar-refractivity contribution in [3.63, 3.8) is 0 Å². The summed E-state index contributed by atoms with van der Waals surface area (Å²) in [6, 6.07) is 13.8. The number of nitrogens with one attached hydrogen (secondary N) is 2. The molecule has 0 bridgehead atoms. The predicted molar refractivity (Wildman–Crippen MR) is 104 cm³/mol. The fraction of sp³-hybridized carbons (Fsp3) is 0.333. The first-order valence-corrected chi connectivity index (χ1v) is 9.33. The fourth-order valence-corrected chi connectivity index (χ4v) is 3.01. The average molecular weight is 385 g/mol. The zero-order chi connectivity index (χ0) is 19.8. The maximum Gasteiger partial charge on any atom is 0.254 e. The van der Waals surface area contributed by atoms with Crippen LogP contribution in [-0.2, 0) is 9.53 Å². The second-order valence-electron chi connectivity index (χ2n) is 6.55. The van der Waals surface area contributed by atoms with E-state index in [4.69, 9.17) is 4.74 Å². The van der Waals surface area contributed by atoms with Gasteiger partial charge in [0.05, 0.1) is 25.3 Å². The normalized spacial score (nSPS) is 14.5. The number of rotatable bonds is 7.